The van der Waals surface area contributed by atoms with Gasteiger partial charge in [0.05, 0.1) is 17.9 Å². The molecule has 0 radical (unpaired) electrons. The Morgan fingerprint density at radius 2 is 1.88 bits per heavy atom. The van der Waals surface area contributed by atoms with E-state index in [9.17, 15) is 14.7 Å². The van der Waals surface area contributed by atoms with Gasteiger partial charge < -0.3 is 15.2 Å². The zero-order valence-electron chi connectivity index (χ0n) is 13.2. The van der Waals surface area contributed by atoms with Gasteiger partial charge in [0, 0.05) is 10.0 Å². The Morgan fingerprint density at radius 3 is 2.48 bits per heavy atom. The summed E-state index contributed by atoms with van der Waals surface area (Å²) in [4.78, 5) is 23.5. The number of amides is 1. The third kappa shape index (κ3) is 5.27. The molecule has 2 aromatic carbocycles. The molecule has 0 spiro atoms. The fourth-order valence-electron chi connectivity index (χ4n) is 2.00. The van der Waals surface area contributed by atoms with E-state index in [-0.39, 0.29) is 16.4 Å². The lowest BCUT2D eigenvalue weighted by Crippen LogP contribution is -2.34. The minimum Gasteiger partial charge on any atom is -0.494 e. The molecule has 0 unspecified atom stereocenters. The van der Waals surface area contributed by atoms with Crippen LogP contribution in [0.15, 0.2) is 46.9 Å². The first kappa shape index (κ1) is 18.9. The molecule has 25 heavy (non-hydrogen) atoms. The van der Waals surface area contributed by atoms with E-state index in [2.05, 4.69) is 26.6 Å². The van der Waals surface area contributed by atoms with Gasteiger partial charge in [0.15, 0.2) is 5.11 Å². The molecule has 2 aromatic rings. The normalized spacial score (nSPS) is 10.0. The number of hydrogen-bond donors (Lipinski definition) is 3. The average molecular weight is 423 g/mol. The van der Waals surface area contributed by atoms with Gasteiger partial charge in [-0.2, -0.15) is 0 Å². The van der Waals surface area contributed by atoms with E-state index < -0.39 is 11.9 Å². The first-order chi connectivity index (χ1) is 11.9. The summed E-state index contributed by atoms with van der Waals surface area (Å²) >= 11 is 8.30. The summed E-state index contributed by atoms with van der Waals surface area (Å²) in [5.41, 5.74) is 0.724. The number of halogens is 1. The molecule has 2 rings (SSSR count). The molecule has 0 fully saturated rings. The van der Waals surface area contributed by atoms with Crippen LogP contribution in [0.25, 0.3) is 0 Å². The van der Waals surface area contributed by atoms with Crippen LogP contribution in [0.3, 0.4) is 0 Å². The number of ether oxygens (including phenoxy) is 1. The minimum atomic E-state index is -1.11. The average Bonchev–Trinajstić information content (AvgIpc) is 2.57. The number of hydrogen-bond acceptors (Lipinski definition) is 4. The molecule has 3 N–H and O–H groups in total. The molecule has 0 bridgehead atoms. The van der Waals surface area contributed by atoms with Gasteiger partial charge in [-0.1, -0.05) is 15.9 Å². The summed E-state index contributed by atoms with van der Waals surface area (Å²) in [6.45, 7) is 2.41. The van der Waals surface area contributed by atoms with E-state index in [0.717, 1.165) is 0 Å². The number of nitrogens with one attached hydrogen (secondary N) is 2. The van der Waals surface area contributed by atoms with Crippen molar-refractivity contribution in [3.8, 4) is 5.75 Å². The number of aromatic carboxylic acids is 1. The molecular weight excluding hydrogens is 408 g/mol. The number of rotatable bonds is 5. The quantitative estimate of drug-likeness (QED) is 0.637. The highest BCUT2D eigenvalue weighted by Gasteiger charge is 2.13. The van der Waals surface area contributed by atoms with Gasteiger partial charge in [-0.05, 0) is 61.6 Å². The summed E-state index contributed by atoms with van der Waals surface area (Å²) in [7, 11) is 0. The lowest BCUT2D eigenvalue weighted by molar-refractivity contribution is 0.0697. The maximum atomic E-state index is 12.2. The molecule has 0 saturated heterocycles. The molecule has 0 aliphatic rings. The topological polar surface area (TPSA) is 87.7 Å². The van der Waals surface area contributed by atoms with Crippen LogP contribution in [0.1, 0.15) is 27.6 Å². The fourth-order valence-corrected chi connectivity index (χ4v) is 2.56. The standard InChI is InChI=1S/C17H15BrN2O4S/c1-2-24-12-6-3-10(4-7-12)15(21)20-17(25)19-14-8-5-11(18)9-13(14)16(22)23/h3-9H,2H2,1H3,(H,22,23)(H2,19,20,21,25). The van der Waals surface area contributed by atoms with Crippen LogP contribution < -0.4 is 15.4 Å². The zero-order valence-corrected chi connectivity index (χ0v) is 15.6. The summed E-state index contributed by atoms with van der Waals surface area (Å²) in [5, 5.41) is 14.5. The fraction of sp³-hybridized carbons (Fsp3) is 0.118. The lowest BCUT2D eigenvalue weighted by atomic mass is 10.2. The highest BCUT2D eigenvalue weighted by Crippen LogP contribution is 2.21. The Kier molecular flexibility index (Phi) is 6.49. The van der Waals surface area contributed by atoms with Crippen LogP contribution in [0.2, 0.25) is 0 Å². The zero-order chi connectivity index (χ0) is 18.4. The maximum absolute atomic E-state index is 12.2. The van der Waals surface area contributed by atoms with E-state index in [4.69, 9.17) is 17.0 Å². The molecule has 0 aliphatic carbocycles. The van der Waals surface area contributed by atoms with Crippen molar-refractivity contribution < 1.29 is 19.4 Å². The third-order valence-corrected chi connectivity index (χ3v) is 3.81. The molecule has 0 atom stereocenters. The Labute approximate surface area is 158 Å². The van der Waals surface area contributed by atoms with Gasteiger partial charge in [-0.15, -0.1) is 0 Å². The van der Waals surface area contributed by atoms with Crippen molar-refractivity contribution in [2.45, 2.75) is 6.92 Å². The molecule has 6 nitrogen and oxygen atoms in total. The van der Waals surface area contributed by atoms with Crippen molar-refractivity contribution in [2.24, 2.45) is 0 Å². The number of carboxylic acid groups (broad SMARTS) is 1. The van der Waals surface area contributed by atoms with Crippen LogP contribution in [0.4, 0.5) is 5.69 Å². The predicted molar refractivity (Wildman–Crippen MR) is 102 cm³/mol. The van der Waals surface area contributed by atoms with Crippen molar-refractivity contribution in [3.63, 3.8) is 0 Å². The first-order valence-electron chi connectivity index (χ1n) is 7.28. The van der Waals surface area contributed by atoms with Gasteiger partial charge in [-0.3, -0.25) is 10.1 Å². The Bertz CT molecular complexity index is 809. The van der Waals surface area contributed by atoms with E-state index in [1.807, 2.05) is 6.92 Å². The number of carboxylic acids is 1. The Hall–Kier alpha value is -2.45. The summed E-state index contributed by atoms with van der Waals surface area (Å²) in [6.07, 6.45) is 0. The number of anilines is 1. The molecule has 0 saturated carbocycles. The smallest absolute Gasteiger partial charge is 0.337 e. The molecule has 0 aromatic heterocycles. The molecule has 0 heterocycles. The lowest BCUT2D eigenvalue weighted by Gasteiger charge is -2.12. The number of carbonyl (C=O) groups excluding carboxylic acids is 1. The van der Waals surface area contributed by atoms with Crippen LogP contribution >= 0.6 is 28.1 Å². The number of benzene rings is 2. The van der Waals surface area contributed by atoms with Crippen molar-refractivity contribution in [1.29, 1.82) is 0 Å². The van der Waals surface area contributed by atoms with Crippen molar-refractivity contribution in [1.82, 2.24) is 5.32 Å². The Morgan fingerprint density at radius 1 is 1.20 bits per heavy atom. The van der Waals surface area contributed by atoms with Gasteiger partial charge >= 0.3 is 5.97 Å². The Balaban J connectivity index is 2.05. The molecule has 130 valence electrons. The van der Waals surface area contributed by atoms with Gasteiger partial charge in [0.25, 0.3) is 5.91 Å². The van der Waals surface area contributed by atoms with Crippen molar-refractivity contribution in [3.05, 3.63) is 58.1 Å². The number of thiocarbonyl (C=S) groups is 1. The van der Waals surface area contributed by atoms with E-state index in [1.165, 1.54) is 6.07 Å². The summed E-state index contributed by atoms with van der Waals surface area (Å²) < 4.78 is 5.94. The highest BCUT2D eigenvalue weighted by atomic mass is 79.9. The van der Waals surface area contributed by atoms with Crippen LogP contribution in [0.5, 0.6) is 5.75 Å². The summed E-state index contributed by atoms with van der Waals surface area (Å²) in [6, 6.07) is 11.3. The summed E-state index contributed by atoms with van der Waals surface area (Å²) in [5.74, 6) is -0.848. The van der Waals surface area contributed by atoms with Crippen LogP contribution in [-0.2, 0) is 0 Å². The van der Waals surface area contributed by atoms with Crippen LogP contribution in [0, 0.1) is 0 Å². The number of carbonyl (C=O) groups is 2. The van der Waals surface area contributed by atoms with E-state index >= 15 is 0 Å². The van der Waals surface area contributed by atoms with Crippen LogP contribution in [-0.4, -0.2) is 28.7 Å². The molecular formula is C17H15BrN2O4S. The van der Waals surface area contributed by atoms with Gasteiger partial charge in [0.2, 0.25) is 0 Å². The largest absolute Gasteiger partial charge is 0.494 e. The second kappa shape index (κ2) is 8.59. The second-order valence-electron chi connectivity index (χ2n) is 4.86. The molecule has 8 heteroatoms. The predicted octanol–water partition coefficient (Wildman–Crippen LogP) is 3.67. The third-order valence-electron chi connectivity index (χ3n) is 3.11. The molecule has 1 amide bonds. The van der Waals surface area contributed by atoms with Crippen molar-refractivity contribution in [2.75, 3.05) is 11.9 Å². The molecule has 0 aliphatic heterocycles. The minimum absolute atomic E-state index is 0.00343. The first-order valence-corrected chi connectivity index (χ1v) is 8.49. The van der Waals surface area contributed by atoms with E-state index in [1.54, 1.807) is 36.4 Å². The highest BCUT2D eigenvalue weighted by molar-refractivity contribution is 9.10. The maximum Gasteiger partial charge on any atom is 0.337 e. The van der Waals surface area contributed by atoms with Crippen molar-refractivity contribution >= 4 is 50.8 Å². The monoisotopic (exact) mass is 422 g/mol. The van der Waals surface area contributed by atoms with E-state index in [0.29, 0.717) is 22.4 Å². The second-order valence-corrected chi connectivity index (χ2v) is 6.18. The van der Waals surface area contributed by atoms with Gasteiger partial charge in [0.1, 0.15) is 5.75 Å². The van der Waals surface area contributed by atoms with Gasteiger partial charge in [-0.25, -0.2) is 4.79 Å². The SMILES string of the molecule is CCOc1ccc(C(=O)NC(=S)Nc2ccc(Br)cc2C(=O)O)cc1.